The predicted molar refractivity (Wildman–Crippen MR) is 89.1 cm³/mol. The third-order valence-electron chi connectivity index (χ3n) is 3.44. The van der Waals surface area contributed by atoms with Gasteiger partial charge in [-0.05, 0) is 55.3 Å². The topological polar surface area (TPSA) is 44.5 Å². The van der Waals surface area contributed by atoms with Gasteiger partial charge in [-0.15, -0.1) is 0 Å². The number of hydrogen-bond donors (Lipinski definition) is 1. The van der Waals surface area contributed by atoms with Crippen molar-refractivity contribution in [3.8, 4) is 11.5 Å². The minimum Gasteiger partial charge on any atom is -0.496 e. The zero-order chi connectivity index (χ0) is 15.4. The van der Waals surface area contributed by atoms with E-state index >= 15 is 0 Å². The summed E-state index contributed by atoms with van der Waals surface area (Å²) in [6.45, 7) is 4.55. The van der Waals surface area contributed by atoms with Gasteiger partial charge in [0.05, 0.1) is 7.11 Å². The summed E-state index contributed by atoms with van der Waals surface area (Å²) in [6.07, 6.45) is 0. The molecule has 110 valence electrons. The molecular formula is C17H19NO2S. The van der Waals surface area contributed by atoms with Gasteiger partial charge in [-0.2, -0.15) is 0 Å². The molecule has 0 bridgehead atoms. The summed E-state index contributed by atoms with van der Waals surface area (Å²) in [7, 11) is 1.63. The monoisotopic (exact) mass is 301 g/mol. The molecule has 0 aliphatic carbocycles. The van der Waals surface area contributed by atoms with Gasteiger partial charge in [0.15, 0.2) is 0 Å². The molecule has 0 saturated heterocycles. The maximum atomic E-state index is 5.84. The number of thiocarbonyl (C=S) groups is 1. The molecule has 2 aromatic rings. The second-order valence-electron chi connectivity index (χ2n) is 4.93. The molecule has 0 heterocycles. The minimum atomic E-state index is 0.366. The van der Waals surface area contributed by atoms with Crippen molar-refractivity contribution in [1.82, 2.24) is 0 Å². The van der Waals surface area contributed by atoms with E-state index in [0.29, 0.717) is 11.6 Å². The van der Waals surface area contributed by atoms with E-state index < -0.39 is 0 Å². The standard InChI is InChI=1S/C17H19NO2S/c1-11-4-6-15(8-12(11)2)20-10-14-9-13(17(18)21)5-7-16(14)19-3/h4-9H,10H2,1-3H3,(H2,18,21). The largest absolute Gasteiger partial charge is 0.496 e. The highest BCUT2D eigenvalue weighted by molar-refractivity contribution is 7.80. The van der Waals surface area contributed by atoms with Gasteiger partial charge in [0, 0.05) is 11.1 Å². The van der Waals surface area contributed by atoms with E-state index in [0.717, 1.165) is 22.6 Å². The maximum Gasteiger partial charge on any atom is 0.125 e. The average molecular weight is 301 g/mol. The molecule has 2 N–H and O–H groups in total. The van der Waals surface area contributed by atoms with Gasteiger partial charge < -0.3 is 15.2 Å². The van der Waals surface area contributed by atoms with Crippen LogP contribution in [0, 0.1) is 13.8 Å². The molecule has 0 aliphatic heterocycles. The lowest BCUT2D eigenvalue weighted by Gasteiger charge is -2.12. The van der Waals surface area contributed by atoms with Crippen LogP contribution in [0.25, 0.3) is 0 Å². The van der Waals surface area contributed by atoms with Crippen LogP contribution in [0.4, 0.5) is 0 Å². The molecule has 0 saturated carbocycles. The first-order valence-electron chi connectivity index (χ1n) is 6.68. The second kappa shape index (κ2) is 6.59. The molecule has 4 heteroatoms. The van der Waals surface area contributed by atoms with Gasteiger partial charge in [-0.1, -0.05) is 18.3 Å². The van der Waals surface area contributed by atoms with Crippen LogP contribution < -0.4 is 15.2 Å². The number of ether oxygens (including phenoxy) is 2. The fraction of sp³-hybridized carbons (Fsp3) is 0.235. The van der Waals surface area contributed by atoms with E-state index in [2.05, 4.69) is 13.8 Å². The van der Waals surface area contributed by atoms with Crippen LogP contribution in [0.2, 0.25) is 0 Å². The first-order chi connectivity index (χ1) is 10.0. The Balaban J connectivity index is 2.19. The Kier molecular flexibility index (Phi) is 4.81. The summed E-state index contributed by atoms with van der Waals surface area (Å²) in [4.78, 5) is 0.366. The number of rotatable bonds is 5. The van der Waals surface area contributed by atoms with Crippen LogP contribution >= 0.6 is 12.2 Å². The highest BCUT2D eigenvalue weighted by Crippen LogP contribution is 2.23. The third kappa shape index (κ3) is 3.73. The van der Waals surface area contributed by atoms with Gasteiger partial charge in [0.2, 0.25) is 0 Å². The second-order valence-corrected chi connectivity index (χ2v) is 5.37. The smallest absolute Gasteiger partial charge is 0.125 e. The fourth-order valence-electron chi connectivity index (χ4n) is 2.01. The Morgan fingerprint density at radius 1 is 1.10 bits per heavy atom. The molecule has 0 atom stereocenters. The summed E-state index contributed by atoms with van der Waals surface area (Å²) in [5.74, 6) is 1.60. The van der Waals surface area contributed by atoms with Gasteiger partial charge in [-0.3, -0.25) is 0 Å². The van der Waals surface area contributed by atoms with E-state index in [-0.39, 0.29) is 0 Å². The summed E-state index contributed by atoms with van der Waals surface area (Å²) in [6, 6.07) is 11.6. The number of aryl methyl sites for hydroxylation is 2. The van der Waals surface area contributed by atoms with Gasteiger partial charge in [0.25, 0.3) is 0 Å². The Labute approximate surface area is 130 Å². The van der Waals surface area contributed by atoms with Crippen molar-refractivity contribution in [1.29, 1.82) is 0 Å². The zero-order valence-electron chi connectivity index (χ0n) is 12.5. The molecule has 0 spiro atoms. The van der Waals surface area contributed by atoms with Crippen molar-refractivity contribution in [3.05, 3.63) is 58.7 Å². The van der Waals surface area contributed by atoms with Crippen LogP contribution in [0.15, 0.2) is 36.4 Å². The van der Waals surface area contributed by atoms with Crippen molar-refractivity contribution < 1.29 is 9.47 Å². The lowest BCUT2D eigenvalue weighted by molar-refractivity contribution is 0.296. The van der Waals surface area contributed by atoms with Crippen LogP contribution in [0.5, 0.6) is 11.5 Å². The van der Waals surface area contributed by atoms with E-state index in [9.17, 15) is 0 Å². The van der Waals surface area contributed by atoms with Crippen molar-refractivity contribution in [3.63, 3.8) is 0 Å². The number of methoxy groups -OCH3 is 1. The lowest BCUT2D eigenvalue weighted by Crippen LogP contribution is -2.10. The molecule has 0 unspecified atom stereocenters. The highest BCUT2D eigenvalue weighted by atomic mass is 32.1. The molecule has 0 fully saturated rings. The highest BCUT2D eigenvalue weighted by Gasteiger charge is 2.07. The molecule has 2 aromatic carbocycles. The van der Waals surface area contributed by atoms with Crippen LogP contribution in [-0.4, -0.2) is 12.1 Å². The van der Waals surface area contributed by atoms with Crippen LogP contribution in [-0.2, 0) is 6.61 Å². The number of nitrogens with two attached hydrogens (primary N) is 1. The van der Waals surface area contributed by atoms with Crippen molar-refractivity contribution in [2.24, 2.45) is 5.73 Å². The molecule has 21 heavy (non-hydrogen) atoms. The van der Waals surface area contributed by atoms with E-state index in [1.807, 2.05) is 36.4 Å². The van der Waals surface area contributed by atoms with Crippen molar-refractivity contribution in [2.45, 2.75) is 20.5 Å². The molecule has 2 rings (SSSR count). The average Bonchev–Trinajstić information content (AvgIpc) is 2.48. The van der Waals surface area contributed by atoms with Crippen molar-refractivity contribution in [2.75, 3.05) is 7.11 Å². The quantitative estimate of drug-likeness (QED) is 0.858. The molecule has 3 nitrogen and oxygen atoms in total. The summed E-state index contributed by atoms with van der Waals surface area (Å²) >= 11 is 5.01. The van der Waals surface area contributed by atoms with E-state index in [1.54, 1.807) is 7.11 Å². The molecule has 0 aliphatic rings. The Morgan fingerprint density at radius 3 is 2.48 bits per heavy atom. The normalized spacial score (nSPS) is 10.2. The Morgan fingerprint density at radius 2 is 1.86 bits per heavy atom. The molecule has 0 radical (unpaired) electrons. The zero-order valence-corrected chi connectivity index (χ0v) is 13.3. The fourth-order valence-corrected chi connectivity index (χ4v) is 2.14. The summed E-state index contributed by atoms with van der Waals surface area (Å²) in [5, 5.41) is 0. The predicted octanol–water partition coefficient (Wildman–Crippen LogP) is 3.53. The van der Waals surface area contributed by atoms with Crippen LogP contribution in [0.1, 0.15) is 22.3 Å². The number of benzene rings is 2. The van der Waals surface area contributed by atoms with Crippen LogP contribution in [0.3, 0.4) is 0 Å². The third-order valence-corrected chi connectivity index (χ3v) is 3.67. The van der Waals surface area contributed by atoms with Gasteiger partial charge in [-0.25, -0.2) is 0 Å². The van der Waals surface area contributed by atoms with Crippen molar-refractivity contribution >= 4 is 17.2 Å². The molecule has 0 aromatic heterocycles. The molecule has 0 amide bonds. The van der Waals surface area contributed by atoms with E-state index in [1.165, 1.54) is 11.1 Å². The summed E-state index contributed by atoms with van der Waals surface area (Å²) < 4.78 is 11.2. The summed E-state index contributed by atoms with van der Waals surface area (Å²) in [5.41, 5.74) is 9.85. The molecular weight excluding hydrogens is 282 g/mol. The SMILES string of the molecule is COc1ccc(C(N)=S)cc1COc1ccc(C)c(C)c1. The van der Waals surface area contributed by atoms with Gasteiger partial charge >= 0.3 is 0 Å². The Bertz CT molecular complexity index is 668. The maximum absolute atomic E-state index is 5.84. The minimum absolute atomic E-state index is 0.366. The number of hydrogen-bond acceptors (Lipinski definition) is 3. The first-order valence-corrected chi connectivity index (χ1v) is 7.09. The Hall–Kier alpha value is -2.07. The lowest BCUT2D eigenvalue weighted by atomic mass is 10.1. The van der Waals surface area contributed by atoms with E-state index in [4.69, 9.17) is 27.4 Å². The first kappa shape index (κ1) is 15.3. The van der Waals surface area contributed by atoms with Gasteiger partial charge in [0.1, 0.15) is 23.1 Å².